The van der Waals surface area contributed by atoms with Gasteiger partial charge in [0, 0.05) is 11.8 Å². The van der Waals surface area contributed by atoms with E-state index in [1.54, 1.807) is 12.1 Å². The summed E-state index contributed by atoms with van der Waals surface area (Å²) < 4.78 is 34.3. The first-order valence-corrected chi connectivity index (χ1v) is 7.23. The number of ether oxygens (including phenoxy) is 2. The normalized spacial score (nSPS) is 20.4. The summed E-state index contributed by atoms with van der Waals surface area (Å²) in [6.07, 6.45) is 2.77. The molecule has 0 spiro atoms. The molecule has 1 heterocycles. The van der Waals surface area contributed by atoms with Crippen molar-refractivity contribution in [2.24, 2.45) is 5.73 Å². The number of fused-ring (bicyclic) bond motifs is 1. The van der Waals surface area contributed by atoms with Crippen molar-refractivity contribution < 1.29 is 17.9 Å². The Morgan fingerprint density at radius 3 is 2.59 bits per heavy atom. The van der Waals surface area contributed by atoms with Gasteiger partial charge in [-0.1, -0.05) is 6.07 Å². The van der Waals surface area contributed by atoms with Crippen LogP contribution in [0.25, 0.3) is 0 Å². The van der Waals surface area contributed by atoms with E-state index in [2.05, 4.69) is 0 Å². The summed E-state index contributed by atoms with van der Waals surface area (Å²) in [6.45, 7) is 0.0544. The minimum atomic E-state index is -3.39. The standard InChI is InChI=1S/C11H13NO4S/c1-17(13,14)10-7(11(12)4-5-11)2-3-8-9(10)16-6-15-8/h2-3H,4-6,12H2,1H3. The molecule has 1 aliphatic carbocycles. The van der Waals surface area contributed by atoms with Crippen LogP contribution >= 0.6 is 0 Å². The zero-order valence-corrected chi connectivity index (χ0v) is 10.2. The second kappa shape index (κ2) is 3.14. The first kappa shape index (κ1) is 10.9. The highest BCUT2D eigenvalue weighted by Gasteiger charge is 2.45. The van der Waals surface area contributed by atoms with Gasteiger partial charge in [0.2, 0.25) is 6.79 Å². The summed E-state index contributed by atoms with van der Waals surface area (Å²) in [5, 5.41) is 0. The van der Waals surface area contributed by atoms with Crippen molar-refractivity contribution >= 4 is 9.84 Å². The van der Waals surface area contributed by atoms with Gasteiger partial charge in [0.05, 0.1) is 0 Å². The summed E-state index contributed by atoms with van der Waals surface area (Å²) >= 11 is 0. The lowest BCUT2D eigenvalue weighted by Gasteiger charge is -2.15. The van der Waals surface area contributed by atoms with E-state index in [9.17, 15) is 8.42 Å². The van der Waals surface area contributed by atoms with Crippen molar-refractivity contribution in [2.45, 2.75) is 23.3 Å². The average Bonchev–Trinajstić information content (AvgIpc) is 2.82. The summed E-state index contributed by atoms with van der Waals surface area (Å²) in [4.78, 5) is 0.188. The molecule has 0 saturated heterocycles. The molecule has 1 saturated carbocycles. The molecule has 3 rings (SSSR count). The Bertz CT molecular complexity index is 590. The first-order valence-electron chi connectivity index (χ1n) is 5.34. The van der Waals surface area contributed by atoms with E-state index in [-0.39, 0.29) is 11.7 Å². The van der Waals surface area contributed by atoms with Crippen LogP contribution in [0.15, 0.2) is 17.0 Å². The van der Waals surface area contributed by atoms with Gasteiger partial charge in [-0.05, 0) is 24.5 Å². The molecule has 1 aromatic carbocycles. The minimum absolute atomic E-state index is 0.0544. The van der Waals surface area contributed by atoms with Crippen molar-refractivity contribution in [3.63, 3.8) is 0 Å². The Kier molecular flexibility index (Phi) is 2.01. The third-order valence-corrected chi connectivity index (χ3v) is 4.34. The second-order valence-corrected chi connectivity index (χ2v) is 6.56. The maximum Gasteiger partial charge on any atom is 0.231 e. The van der Waals surface area contributed by atoms with Crippen molar-refractivity contribution in [1.82, 2.24) is 0 Å². The summed E-state index contributed by atoms with van der Waals surface area (Å²) in [5.41, 5.74) is 6.23. The van der Waals surface area contributed by atoms with Crippen LogP contribution in [0.5, 0.6) is 11.5 Å². The van der Waals surface area contributed by atoms with E-state index in [1.165, 1.54) is 6.26 Å². The molecule has 6 heteroatoms. The van der Waals surface area contributed by atoms with Crippen LogP contribution in [0.2, 0.25) is 0 Å². The number of nitrogens with two attached hydrogens (primary N) is 1. The Labute approximate surface area is 99.4 Å². The van der Waals surface area contributed by atoms with Gasteiger partial charge >= 0.3 is 0 Å². The quantitative estimate of drug-likeness (QED) is 0.844. The predicted molar refractivity (Wildman–Crippen MR) is 60.8 cm³/mol. The van der Waals surface area contributed by atoms with Crippen LogP contribution in [0, 0.1) is 0 Å². The van der Waals surface area contributed by atoms with E-state index in [0.29, 0.717) is 17.1 Å². The van der Waals surface area contributed by atoms with Crippen molar-refractivity contribution in [3.05, 3.63) is 17.7 Å². The maximum absolute atomic E-state index is 11.9. The van der Waals surface area contributed by atoms with Crippen LogP contribution in [0.3, 0.4) is 0 Å². The lowest BCUT2D eigenvalue weighted by molar-refractivity contribution is 0.172. The van der Waals surface area contributed by atoms with Crippen LogP contribution in [0.1, 0.15) is 18.4 Å². The zero-order chi connectivity index (χ0) is 12.3. The smallest absolute Gasteiger partial charge is 0.231 e. The highest BCUT2D eigenvalue weighted by Crippen LogP contribution is 2.50. The molecule has 2 N–H and O–H groups in total. The third-order valence-electron chi connectivity index (χ3n) is 3.19. The number of hydrogen-bond donors (Lipinski definition) is 1. The van der Waals surface area contributed by atoms with Gasteiger partial charge in [0.15, 0.2) is 21.3 Å². The molecule has 0 unspecified atom stereocenters. The fourth-order valence-electron chi connectivity index (χ4n) is 2.11. The van der Waals surface area contributed by atoms with Gasteiger partial charge < -0.3 is 15.2 Å². The summed E-state index contributed by atoms with van der Waals surface area (Å²) in [5.74, 6) is 0.778. The molecule has 1 aromatic rings. The molecular weight excluding hydrogens is 242 g/mol. The molecule has 5 nitrogen and oxygen atoms in total. The Morgan fingerprint density at radius 1 is 1.29 bits per heavy atom. The van der Waals surface area contributed by atoms with Crippen molar-refractivity contribution in [3.8, 4) is 11.5 Å². The molecule has 2 aliphatic rings. The van der Waals surface area contributed by atoms with E-state index in [0.717, 1.165) is 12.8 Å². The Morgan fingerprint density at radius 2 is 2.00 bits per heavy atom. The SMILES string of the molecule is CS(=O)(=O)c1c(C2(N)CC2)ccc2c1OCO2. The van der Waals surface area contributed by atoms with Gasteiger partial charge in [-0.25, -0.2) is 8.42 Å². The molecular formula is C11H13NO4S. The van der Waals surface area contributed by atoms with Crippen LogP contribution in [-0.4, -0.2) is 21.5 Å². The number of rotatable bonds is 2. The largest absolute Gasteiger partial charge is 0.454 e. The van der Waals surface area contributed by atoms with Crippen LogP contribution < -0.4 is 15.2 Å². The van der Waals surface area contributed by atoms with Crippen LogP contribution in [-0.2, 0) is 15.4 Å². The number of hydrogen-bond acceptors (Lipinski definition) is 5. The van der Waals surface area contributed by atoms with E-state index in [1.807, 2.05) is 0 Å². The monoisotopic (exact) mass is 255 g/mol. The fourth-order valence-corrected chi connectivity index (χ4v) is 3.28. The lowest BCUT2D eigenvalue weighted by Crippen LogP contribution is -2.22. The number of benzene rings is 1. The maximum atomic E-state index is 11.9. The topological polar surface area (TPSA) is 78.6 Å². The third kappa shape index (κ3) is 1.59. The van der Waals surface area contributed by atoms with E-state index >= 15 is 0 Å². The summed E-state index contributed by atoms with van der Waals surface area (Å²) in [6, 6.07) is 3.45. The van der Waals surface area contributed by atoms with Gasteiger partial charge in [-0.15, -0.1) is 0 Å². The number of sulfone groups is 1. The van der Waals surface area contributed by atoms with Gasteiger partial charge in [-0.3, -0.25) is 0 Å². The Hall–Kier alpha value is -1.27. The van der Waals surface area contributed by atoms with Crippen molar-refractivity contribution in [1.29, 1.82) is 0 Å². The molecule has 0 bridgehead atoms. The first-order chi connectivity index (χ1) is 7.92. The fraction of sp³-hybridized carbons (Fsp3) is 0.455. The van der Waals surface area contributed by atoms with E-state index < -0.39 is 15.4 Å². The van der Waals surface area contributed by atoms with Gasteiger partial charge in [0.1, 0.15) is 4.90 Å². The van der Waals surface area contributed by atoms with E-state index in [4.69, 9.17) is 15.2 Å². The molecule has 0 radical (unpaired) electrons. The Balaban J connectivity index is 2.30. The zero-order valence-electron chi connectivity index (χ0n) is 9.39. The molecule has 0 amide bonds. The second-order valence-electron chi connectivity index (χ2n) is 4.60. The molecule has 92 valence electrons. The molecule has 1 aliphatic heterocycles. The highest BCUT2D eigenvalue weighted by atomic mass is 32.2. The van der Waals surface area contributed by atoms with Crippen LogP contribution in [0.4, 0.5) is 0 Å². The molecule has 1 fully saturated rings. The predicted octanol–water partition coefficient (Wildman–Crippen LogP) is 0.767. The minimum Gasteiger partial charge on any atom is -0.454 e. The molecule has 0 atom stereocenters. The summed E-state index contributed by atoms with van der Waals surface area (Å²) in [7, 11) is -3.39. The van der Waals surface area contributed by atoms with Gasteiger partial charge in [0.25, 0.3) is 0 Å². The lowest BCUT2D eigenvalue weighted by atomic mass is 10.1. The molecule has 17 heavy (non-hydrogen) atoms. The highest BCUT2D eigenvalue weighted by molar-refractivity contribution is 7.90. The van der Waals surface area contributed by atoms with Gasteiger partial charge in [-0.2, -0.15) is 0 Å². The molecule has 0 aromatic heterocycles. The van der Waals surface area contributed by atoms with Crippen molar-refractivity contribution in [2.75, 3.05) is 13.0 Å². The average molecular weight is 255 g/mol.